The molecule has 4 nitrogen and oxygen atoms in total. The lowest BCUT2D eigenvalue weighted by atomic mass is 10.1. The van der Waals surface area contributed by atoms with Crippen molar-refractivity contribution >= 4 is 23.2 Å². The maximum atomic E-state index is 10.7. The summed E-state index contributed by atoms with van der Waals surface area (Å²) >= 11 is 0. The van der Waals surface area contributed by atoms with Crippen LogP contribution < -0.4 is 0 Å². The van der Waals surface area contributed by atoms with Crippen LogP contribution in [0.5, 0.6) is 0 Å². The maximum Gasteiger partial charge on any atom is 0.270 e. The van der Waals surface area contributed by atoms with Crippen LogP contribution in [0.15, 0.2) is 71.8 Å². The second-order valence-corrected chi connectivity index (χ2v) is 4.98. The molecular formula is C18H14N2O2. The van der Waals surface area contributed by atoms with Crippen LogP contribution in [-0.2, 0) is 0 Å². The molecule has 4 heteroatoms. The minimum Gasteiger partial charge on any atom is -0.258 e. The molecule has 2 aromatic carbocycles. The van der Waals surface area contributed by atoms with Crippen molar-refractivity contribution in [1.29, 1.82) is 0 Å². The van der Waals surface area contributed by atoms with Gasteiger partial charge >= 0.3 is 0 Å². The molecule has 22 heavy (non-hydrogen) atoms. The Labute approximate surface area is 128 Å². The molecule has 2 aromatic rings. The molecule has 0 radical (unpaired) electrons. The Morgan fingerprint density at radius 3 is 2.64 bits per heavy atom. The van der Waals surface area contributed by atoms with Crippen LogP contribution in [0.1, 0.15) is 17.5 Å². The molecule has 1 aliphatic rings. The lowest BCUT2D eigenvalue weighted by molar-refractivity contribution is -0.384. The molecule has 0 amide bonds. The van der Waals surface area contributed by atoms with Gasteiger partial charge in [0.1, 0.15) is 0 Å². The number of nitro groups is 1. The van der Waals surface area contributed by atoms with Crippen molar-refractivity contribution in [1.82, 2.24) is 0 Å². The van der Waals surface area contributed by atoms with Gasteiger partial charge in [0.05, 0.1) is 10.6 Å². The number of allylic oxidation sites excluding steroid dienone is 4. The molecule has 3 rings (SSSR count). The highest BCUT2D eigenvalue weighted by molar-refractivity contribution is 5.83. The molecule has 1 aliphatic carbocycles. The molecule has 0 aromatic heterocycles. The first kappa shape index (κ1) is 13.9. The lowest BCUT2D eigenvalue weighted by Gasteiger charge is -2.02. The third-order valence-corrected chi connectivity index (χ3v) is 3.45. The number of aliphatic imine (C=N–C) groups is 1. The molecule has 0 N–H and O–H groups in total. The smallest absolute Gasteiger partial charge is 0.258 e. The Hall–Kier alpha value is -3.01. The van der Waals surface area contributed by atoms with Crippen LogP contribution in [0, 0.1) is 10.1 Å². The number of non-ortho nitro benzene ring substituents is 1. The van der Waals surface area contributed by atoms with Crippen molar-refractivity contribution in [2.24, 2.45) is 4.99 Å². The van der Waals surface area contributed by atoms with Gasteiger partial charge in [-0.1, -0.05) is 42.5 Å². The molecule has 0 atom stereocenters. The molecule has 0 heterocycles. The van der Waals surface area contributed by atoms with E-state index in [2.05, 4.69) is 23.2 Å². The predicted molar refractivity (Wildman–Crippen MR) is 88.5 cm³/mol. The molecule has 0 spiro atoms. The quantitative estimate of drug-likeness (QED) is 0.466. The van der Waals surface area contributed by atoms with Crippen molar-refractivity contribution < 1.29 is 4.92 Å². The average molecular weight is 290 g/mol. The highest BCUT2D eigenvalue weighted by atomic mass is 16.6. The summed E-state index contributed by atoms with van der Waals surface area (Å²) in [6.45, 7) is 0. The van der Waals surface area contributed by atoms with Crippen LogP contribution >= 0.6 is 0 Å². The van der Waals surface area contributed by atoms with E-state index in [1.54, 1.807) is 18.3 Å². The van der Waals surface area contributed by atoms with Gasteiger partial charge < -0.3 is 0 Å². The number of benzene rings is 2. The highest BCUT2D eigenvalue weighted by Crippen LogP contribution is 2.25. The number of rotatable bonds is 4. The van der Waals surface area contributed by atoms with E-state index in [4.69, 9.17) is 0 Å². The van der Waals surface area contributed by atoms with E-state index in [0.717, 1.165) is 12.1 Å². The molecule has 0 fully saturated rings. The summed E-state index contributed by atoms with van der Waals surface area (Å²) in [5, 5.41) is 10.7. The summed E-state index contributed by atoms with van der Waals surface area (Å²) < 4.78 is 0. The minimum absolute atomic E-state index is 0.0694. The van der Waals surface area contributed by atoms with Gasteiger partial charge in [-0.05, 0) is 35.3 Å². The van der Waals surface area contributed by atoms with E-state index in [0.29, 0.717) is 5.56 Å². The van der Waals surface area contributed by atoms with Gasteiger partial charge in [0.15, 0.2) is 0 Å². The van der Waals surface area contributed by atoms with Crippen molar-refractivity contribution in [2.45, 2.75) is 6.42 Å². The lowest BCUT2D eigenvalue weighted by Crippen LogP contribution is -1.89. The van der Waals surface area contributed by atoms with Crippen molar-refractivity contribution in [2.75, 3.05) is 0 Å². The zero-order valence-corrected chi connectivity index (χ0v) is 11.8. The van der Waals surface area contributed by atoms with E-state index in [9.17, 15) is 10.1 Å². The Morgan fingerprint density at radius 1 is 1.14 bits per heavy atom. The monoisotopic (exact) mass is 290 g/mol. The van der Waals surface area contributed by atoms with E-state index < -0.39 is 4.92 Å². The predicted octanol–water partition coefficient (Wildman–Crippen LogP) is 4.69. The zero-order valence-electron chi connectivity index (χ0n) is 11.8. The third-order valence-electron chi connectivity index (χ3n) is 3.45. The van der Waals surface area contributed by atoms with E-state index in [1.807, 2.05) is 24.3 Å². The van der Waals surface area contributed by atoms with Crippen LogP contribution in [0.25, 0.3) is 5.57 Å². The van der Waals surface area contributed by atoms with Crippen LogP contribution in [0.4, 0.5) is 11.4 Å². The van der Waals surface area contributed by atoms with Crippen molar-refractivity contribution in [3.8, 4) is 0 Å². The molecule has 0 bridgehead atoms. The third kappa shape index (κ3) is 3.17. The molecular weight excluding hydrogens is 276 g/mol. The van der Waals surface area contributed by atoms with Gasteiger partial charge in [-0.15, -0.1) is 0 Å². The largest absolute Gasteiger partial charge is 0.270 e. The summed E-state index contributed by atoms with van der Waals surface area (Å²) in [7, 11) is 0. The molecule has 0 unspecified atom stereocenters. The summed E-state index contributed by atoms with van der Waals surface area (Å²) in [6, 6.07) is 14.4. The van der Waals surface area contributed by atoms with E-state index in [1.165, 1.54) is 23.3 Å². The standard InChI is InChI=1S/C18H14N2O2/c21-20(22)18-7-3-4-14(12-18)13-19-17-10-8-16(9-11-17)15-5-1-2-6-15/h1-5,7-13H,6H2. The topological polar surface area (TPSA) is 55.5 Å². The van der Waals surface area contributed by atoms with Gasteiger partial charge in [-0.3, -0.25) is 15.1 Å². The molecule has 0 saturated carbocycles. The van der Waals surface area contributed by atoms with Crippen molar-refractivity contribution in [3.05, 3.63) is 88.0 Å². The Kier molecular flexibility index (Phi) is 3.92. The number of hydrogen-bond donors (Lipinski definition) is 0. The molecule has 108 valence electrons. The van der Waals surface area contributed by atoms with Gasteiger partial charge in [0.2, 0.25) is 0 Å². The Bertz CT molecular complexity index is 787. The number of nitrogens with zero attached hydrogens (tertiary/aromatic N) is 2. The first-order chi connectivity index (χ1) is 10.7. The molecule has 0 saturated heterocycles. The fourth-order valence-corrected chi connectivity index (χ4v) is 2.29. The van der Waals surface area contributed by atoms with Crippen LogP contribution in [-0.4, -0.2) is 11.1 Å². The van der Waals surface area contributed by atoms with Crippen molar-refractivity contribution in [3.63, 3.8) is 0 Å². The van der Waals surface area contributed by atoms with E-state index in [-0.39, 0.29) is 5.69 Å². The zero-order chi connectivity index (χ0) is 15.4. The first-order valence-electron chi connectivity index (χ1n) is 6.97. The van der Waals surface area contributed by atoms with Crippen LogP contribution in [0.2, 0.25) is 0 Å². The average Bonchev–Trinajstić information content (AvgIpc) is 3.08. The SMILES string of the molecule is O=[N+]([O-])c1cccc(C=Nc2ccc(C3=CC=CC3)cc2)c1. The molecule has 0 aliphatic heterocycles. The summed E-state index contributed by atoms with van der Waals surface area (Å²) in [4.78, 5) is 14.7. The second-order valence-electron chi connectivity index (χ2n) is 4.98. The van der Waals surface area contributed by atoms with Gasteiger partial charge in [-0.25, -0.2) is 0 Å². The Morgan fingerprint density at radius 2 is 1.95 bits per heavy atom. The first-order valence-corrected chi connectivity index (χ1v) is 6.97. The summed E-state index contributed by atoms with van der Waals surface area (Å²) in [6.07, 6.45) is 8.91. The summed E-state index contributed by atoms with van der Waals surface area (Å²) in [5.41, 5.74) is 4.09. The number of nitro benzene ring substituents is 1. The maximum absolute atomic E-state index is 10.7. The summed E-state index contributed by atoms with van der Waals surface area (Å²) in [5.74, 6) is 0. The normalized spacial score (nSPS) is 13.5. The van der Waals surface area contributed by atoms with Gasteiger partial charge in [0, 0.05) is 18.3 Å². The second kappa shape index (κ2) is 6.18. The fraction of sp³-hybridized carbons (Fsp3) is 0.0556. The fourth-order valence-electron chi connectivity index (χ4n) is 2.29. The van der Waals surface area contributed by atoms with E-state index >= 15 is 0 Å². The van der Waals surface area contributed by atoms with Gasteiger partial charge in [0.25, 0.3) is 5.69 Å². The van der Waals surface area contributed by atoms with Crippen LogP contribution in [0.3, 0.4) is 0 Å². The Balaban J connectivity index is 1.75. The number of hydrogen-bond acceptors (Lipinski definition) is 3. The van der Waals surface area contributed by atoms with Gasteiger partial charge in [-0.2, -0.15) is 0 Å². The minimum atomic E-state index is -0.407. The highest BCUT2D eigenvalue weighted by Gasteiger charge is 2.04.